The number of likely N-dealkylation sites (N-methyl/N-ethyl adjacent to an activating group) is 1. The molecule has 0 spiro atoms. The Morgan fingerprint density at radius 2 is 1.84 bits per heavy atom. The summed E-state index contributed by atoms with van der Waals surface area (Å²) in [6.07, 6.45) is 0. The standard InChI is InChI=1S/C19H28N4O2/c1-5-22(6-2)13-12-20-18(24)14(4)17-15-10-8-9-11-16(15)19(25)23(7-3)21-17/h8-11,14H,5-7,12-13H2,1-4H3,(H,20,24)/p+1/t14-/m1/s1. The third-order valence-corrected chi connectivity index (χ3v) is 4.78. The Kier molecular flexibility index (Phi) is 6.70. The van der Waals surface area contributed by atoms with E-state index in [9.17, 15) is 9.59 Å². The number of nitrogens with one attached hydrogen (secondary N) is 2. The molecule has 0 fully saturated rings. The van der Waals surface area contributed by atoms with Crippen LogP contribution in [0.3, 0.4) is 0 Å². The van der Waals surface area contributed by atoms with E-state index in [1.807, 2.05) is 32.0 Å². The molecule has 1 atom stereocenters. The zero-order chi connectivity index (χ0) is 18.4. The highest BCUT2D eigenvalue weighted by molar-refractivity contribution is 5.91. The fourth-order valence-electron chi connectivity index (χ4n) is 3.04. The van der Waals surface area contributed by atoms with Crippen molar-refractivity contribution in [1.82, 2.24) is 15.1 Å². The molecule has 6 heteroatoms. The van der Waals surface area contributed by atoms with Crippen molar-refractivity contribution in [3.8, 4) is 0 Å². The topological polar surface area (TPSA) is 68.4 Å². The molecule has 2 rings (SSSR count). The van der Waals surface area contributed by atoms with E-state index in [1.165, 1.54) is 9.58 Å². The summed E-state index contributed by atoms with van der Waals surface area (Å²) < 4.78 is 1.43. The minimum absolute atomic E-state index is 0.0505. The number of quaternary nitrogens is 1. The predicted octanol–water partition coefficient (Wildman–Crippen LogP) is 0.561. The van der Waals surface area contributed by atoms with Crippen molar-refractivity contribution >= 4 is 16.7 Å². The Balaban J connectivity index is 2.24. The molecule has 0 bridgehead atoms. The van der Waals surface area contributed by atoms with Crippen LogP contribution in [0.25, 0.3) is 10.8 Å². The van der Waals surface area contributed by atoms with Crippen LogP contribution in [0.5, 0.6) is 0 Å². The van der Waals surface area contributed by atoms with Gasteiger partial charge >= 0.3 is 0 Å². The molecular formula is C19H29N4O2+. The maximum Gasteiger partial charge on any atom is 0.274 e. The van der Waals surface area contributed by atoms with E-state index in [2.05, 4.69) is 24.3 Å². The van der Waals surface area contributed by atoms with Crippen molar-refractivity contribution in [2.45, 2.75) is 40.2 Å². The second-order valence-electron chi connectivity index (χ2n) is 6.27. The molecule has 0 aliphatic carbocycles. The molecule has 0 saturated heterocycles. The SMILES string of the molecule is CCn1nc([C@@H](C)C(=O)NCC[NH+](CC)CC)c2ccccc2c1=O. The van der Waals surface area contributed by atoms with Gasteiger partial charge in [0, 0.05) is 11.9 Å². The van der Waals surface area contributed by atoms with Gasteiger partial charge in [0.2, 0.25) is 5.91 Å². The van der Waals surface area contributed by atoms with Crippen LogP contribution >= 0.6 is 0 Å². The molecule has 25 heavy (non-hydrogen) atoms. The average molecular weight is 345 g/mol. The Bertz CT molecular complexity index is 781. The fraction of sp³-hybridized carbons (Fsp3) is 0.526. The van der Waals surface area contributed by atoms with Gasteiger partial charge in [-0.1, -0.05) is 18.2 Å². The minimum atomic E-state index is -0.407. The number of fused-ring (bicyclic) bond motifs is 1. The van der Waals surface area contributed by atoms with Crippen molar-refractivity contribution < 1.29 is 9.69 Å². The lowest BCUT2D eigenvalue weighted by atomic mass is 10.0. The van der Waals surface area contributed by atoms with Gasteiger partial charge in [-0.15, -0.1) is 0 Å². The first-order valence-electron chi connectivity index (χ1n) is 9.14. The van der Waals surface area contributed by atoms with Crippen molar-refractivity contribution in [2.24, 2.45) is 0 Å². The van der Waals surface area contributed by atoms with Crippen molar-refractivity contribution in [3.63, 3.8) is 0 Å². The number of benzene rings is 1. The largest absolute Gasteiger partial charge is 0.350 e. The summed E-state index contributed by atoms with van der Waals surface area (Å²) >= 11 is 0. The van der Waals surface area contributed by atoms with E-state index in [4.69, 9.17) is 0 Å². The zero-order valence-electron chi connectivity index (χ0n) is 15.6. The quantitative estimate of drug-likeness (QED) is 0.735. The Labute approximate surface area is 148 Å². The molecule has 2 aromatic rings. The summed E-state index contributed by atoms with van der Waals surface area (Å²) in [5, 5.41) is 8.83. The first-order chi connectivity index (χ1) is 12.0. The molecule has 0 radical (unpaired) electrons. The molecule has 0 saturated carbocycles. The Morgan fingerprint density at radius 3 is 2.44 bits per heavy atom. The van der Waals surface area contributed by atoms with Crippen LogP contribution in [-0.4, -0.2) is 41.9 Å². The summed E-state index contributed by atoms with van der Waals surface area (Å²) in [7, 11) is 0. The summed E-state index contributed by atoms with van der Waals surface area (Å²) in [5.74, 6) is -0.458. The summed E-state index contributed by atoms with van der Waals surface area (Å²) in [6.45, 7) is 12.2. The molecule has 0 aliphatic heterocycles. The molecule has 2 N–H and O–H groups in total. The van der Waals surface area contributed by atoms with Gasteiger partial charge in [-0.05, 0) is 33.8 Å². The van der Waals surface area contributed by atoms with E-state index in [0.717, 1.165) is 25.0 Å². The van der Waals surface area contributed by atoms with Gasteiger partial charge < -0.3 is 10.2 Å². The van der Waals surface area contributed by atoms with Gasteiger partial charge in [-0.3, -0.25) is 9.59 Å². The van der Waals surface area contributed by atoms with Crippen LogP contribution in [0.15, 0.2) is 29.1 Å². The molecule has 6 nitrogen and oxygen atoms in total. The highest BCUT2D eigenvalue weighted by Gasteiger charge is 2.21. The zero-order valence-corrected chi connectivity index (χ0v) is 15.6. The fourth-order valence-corrected chi connectivity index (χ4v) is 3.04. The van der Waals surface area contributed by atoms with Gasteiger partial charge in [0.05, 0.1) is 43.2 Å². The first-order valence-corrected chi connectivity index (χ1v) is 9.14. The lowest BCUT2D eigenvalue weighted by Gasteiger charge is -2.18. The molecule has 0 aliphatic rings. The number of amides is 1. The van der Waals surface area contributed by atoms with E-state index >= 15 is 0 Å². The monoisotopic (exact) mass is 345 g/mol. The van der Waals surface area contributed by atoms with Crippen molar-refractivity contribution in [3.05, 3.63) is 40.3 Å². The van der Waals surface area contributed by atoms with Gasteiger partial charge in [0.25, 0.3) is 5.56 Å². The lowest BCUT2D eigenvalue weighted by Crippen LogP contribution is -3.12. The Morgan fingerprint density at radius 1 is 1.20 bits per heavy atom. The van der Waals surface area contributed by atoms with Crippen molar-refractivity contribution in [2.75, 3.05) is 26.2 Å². The summed E-state index contributed by atoms with van der Waals surface area (Å²) in [5.41, 5.74) is 0.546. The Hall–Kier alpha value is -2.21. The van der Waals surface area contributed by atoms with E-state index in [1.54, 1.807) is 6.07 Å². The molecule has 136 valence electrons. The van der Waals surface area contributed by atoms with Gasteiger partial charge in [-0.25, -0.2) is 4.68 Å². The molecule has 1 amide bonds. The van der Waals surface area contributed by atoms with Crippen LogP contribution in [0.1, 0.15) is 39.3 Å². The van der Waals surface area contributed by atoms with Crippen LogP contribution in [0, 0.1) is 0 Å². The number of aryl methyl sites for hydroxylation is 1. The van der Waals surface area contributed by atoms with Crippen LogP contribution in [-0.2, 0) is 11.3 Å². The number of carbonyl (C=O) groups is 1. The molecule has 1 heterocycles. The van der Waals surface area contributed by atoms with Crippen LogP contribution in [0.2, 0.25) is 0 Å². The maximum atomic E-state index is 12.6. The number of nitrogens with zero attached hydrogens (tertiary/aromatic N) is 2. The average Bonchev–Trinajstić information content (AvgIpc) is 2.65. The second-order valence-corrected chi connectivity index (χ2v) is 6.27. The minimum Gasteiger partial charge on any atom is -0.350 e. The summed E-state index contributed by atoms with van der Waals surface area (Å²) in [4.78, 5) is 26.5. The van der Waals surface area contributed by atoms with E-state index < -0.39 is 5.92 Å². The molecule has 1 aromatic carbocycles. The number of hydrogen-bond acceptors (Lipinski definition) is 3. The number of carbonyl (C=O) groups excluding carboxylic acids is 1. The van der Waals surface area contributed by atoms with Crippen molar-refractivity contribution in [1.29, 1.82) is 0 Å². The third kappa shape index (κ3) is 4.25. The highest BCUT2D eigenvalue weighted by atomic mass is 16.2. The number of aromatic nitrogens is 2. The molecular weight excluding hydrogens is 316 g/mol. The molecule has 1 aromatic heterocycles. The summed E-state index contributed by atoms with van der Waals surface area (Å²) in [6, 6.07) is 7.37. The lowest BCUT2D eigenvalue weighted by molar-refractivity contribution is -0.895. The normalized spacial score (nSPS) is 12.5. The first kappa shape index (κ1) is 19.1. The number of rotatable bonds is 8. The van der Waals surface area contributed by atoms with E-state index in [0.29, 0.717) is 24.2 Å². The van der Waals surface area contributed by atoms with Crippen LogP contribution < -0.4 is 15.8 Å². The van der Waals surface area contributed by atoms with Gasteiger partial charge in [-0.2, -0.15) is 5.10 Å². The van der Waals surface area contributed by atoms with Gasteiger partial charge in [0.15, 0.2) is 0 Å². The number of hydrogen-bond donors (Lipinski definition) is 2. The van der Waals surface area contributed by atoms with Crippen LogP contribution in [0.4, 0.5) is 0 Å². The molecule has 0 unspecified atom stereocenters. The van der Waals surface area contributed by atoms with Gasteiger partial charge in [0.1, 0.15) is 0 Å². The highest BCUT2D eigenvalue weighted by Crippen LogP contribution is 2.21. The third-order valence-electron chi connectivity index (χ3n) is 4.78. The van der Waals surface area contributed by atoms with E-state index in [-0.39, 0.29) is 11.5 Å². The second kappa shape index (κ2) is 8.76. The predicted molar refractivity (Wildman–Crippen MR) is 100 cm³/mol. The smallest absolute Gasteiger partial charge is 0.274 e. The maximum absolute atomic E-state index is 12.6.